The van der Waals surface area contributed by atoms with E-state index in [4.69, 9.17) is 9.57 Å². The summed E-state index contributed by atoms with van der Waals surface area (Å²) in [6.45, 7) is 11.0. The molecule has 4 nitrogen and oxygen atoms in total. The SMILES string of the molecule is CCC1(CC)CC(OC(=O)C2CC=CCC2)CC(C)(C)N1OC(C)c1ccccc1. The first-order valence-electron chi connectivity index (χ1n) is 11.7. The van der Waals surface area contributed by atoms with E-state index in [1.165, 1.54) is 5.56 Å². The number of hydrogen-bond donors (Lipinski definition) is 0. The van der Waals surface area contributed by atoms with Gasteiger partial charge in [0.15, 0.2) is 0 Å². The minimum atomic E-state index is -0.231. The molecule has 1 aliphatic carbocycles. The smallest absolute Gasteiger partial charge is 0.309 e. The Balaban J connectivity index is 1.76. The fourth-order valence-electron chi connectivity index (χ4n) is 5.24. The lowest BCUT2D eigenvalue weighted by atomic mass is 9.75. The second kappa shape index (κ2) is 9.65. The molecule has 166 valence electrons. The van der Waals surface area contributed by atoms with Crippen LogP contribution in [0.15, 0.2) is 42.5 Å². The summed E-state index contributed by atoms with van der Waals surface area (Å²) in [7, 11) is 0. The summed E-state index contributed by atoms with van der Waals surface area (Å²) >= 11 is 0. The zero-order valence-corrected chi connectivity index (χ0v) is 19.4. The fourth-order valence-corrected chi connectivity index (χ4v) is 5.24. The zero-order chi connectivity index (χ0) is 21.8. The van der Waals surface area contributed by atoms with Gasteiger partial charge in [0.25, 0.3) is 0 Å². The Morgan fingerprint density at radius 1 is 1.13 bits per heavy atom. The number of allylic oxidation sites excluding steroid dienone is 2. The zero-order valence-electron chi connectivity index (χ0n) is 19.4. The highest BCUT2D eigenvalue weighted by molar-refractivity contribution is 5.73. The molecule has 2 aliphatic rings. The number of hydroxylamine groups is 2. The summed E-state index contributed by atoms with van der Waals surface area (Å²) in [5.74, 6) is -0.00331. The molecule has 0 radical (unpaired) electrons. The first-order chi connectivity index (χ1) is 14.3. The van der Waals surface area contributed by atoms with Crippen LogP contribution in [0.1, 0.15) is 91.2 Å². The Bertz CT molecular complexity index is 723. The predicted molar refractivity (Wildman–Crippen MR) is 121 cm³/mol. The number of carbonyl (C=O) groups is 1. The molecule has 0 aromatic heterocycles. The van der Waals surface area contributed by atoms with Crippen molar-refractivity contribution in [2.45, 2.75) is 103 Å². The van der Waals surface area contributed by atoms with Crippen molar-refractivity contribution in [3.8, 4) is 0 Å². The van der Waals surface area contributed by atoms with E-state index < -0.39 is 0 Å². The Hall–Kier alpha value is -1.65. The number of ether oxygens (including phenoxy) is 1. The van der Waals surface area contributed by atoms with Crippen molar-refractivity contribution in [2.75, 3.05) is 0 Å². The first-order valence-corrected chi connectivity index (χ1v) is 11.7. The minimum Gasteiger partial charge on any atom is -0.462 e. The highest BCUT2D eigenvalue weighted by atomic mass is 16.7. The highest BCUT2D eigenvalue weighted by Gasteiger charge is 2.51. The van der Waals surface area contributed by atoms with Gasteiger partial charge in [0, 0.05) is 23.9 Å². The first kappa shape index (κ1) is 23.0. The second-order valence-electron chi connectivity index (χ2n) is 9.65. The van der Waals surface area contributed by atoms with E-state index in [-0.39, 0.29) is 35.2 Å². The van der Waals surface area contributed by atoms with Gasteiger partial charge in [0.1, 0.15) is 12.2 Å². The van der Waals surface area contributed by atoms with E-state index in [1.54, 1.807) is 0 Å². The third-order valence-corrected chi connectivity index (χ3v) is 7.05. The number of esters is 1. The van der Waals surface area contributed by atoms with Gasteiger partial charge in [-0.1, -0.05) is 56.3 Å². The van der Waals surface area contributed by atoms with Crippen LogP contribution in [0.5, 0.6) is 0 Å². The maximum Gasteiger partial charge on any atom is 0.309 e. The Morgan fingerprint density at radius 3 is 2.43 bits per heavy atom. The van der Waals surface area contributed by atoms with Gasteiger partial charge in [0.05, 0.1) is 5.92 Å². The van der Waals surface area contributed by atoms with E-state index in [1.807, 2.05) is 6.07 Å². The van der Waals surface area contributed by atoms with Crippen LogP contribution in [-0.2, 0) is 14.4 Å². The summed E-state index contributed by atoms with van der Waals surface area (Å²) in [6.07, 6.45) is 10.4. The van der Waals surface area contributed by atoms with Crippen LogP contribution >= 0.6 is 0 Å². The monoisotopic (exact) mass is 413 g/mol. The van der Waals surface area contributed by atoms with Crippen LogP contribution in [0.2, 0.25) is 0 Å². The number of piperidine rings is 1. The molecule has 0 spiro atoms. The summed E-state index contributed by atoms with van der Waals surface area (Å²) in [6, 6.07) is 10.4. The van der Waals surface area contributed by atoms with Crippen molar-refractivity contribution in [3.05, 3.63) is 48.0 Å². The van der Waals surface area contributed by atoms with Crippen molar-refractivity contribution in [1.29, 1.82) is 0 Å². The van der Waals surface area contributed by atoms with Crippen molar-refractivity contribution in [3.63, 3.8) is 0 Å². The van der Waals surface area contributed by atoms with E-state index in [0.717, 1.165) is 44.9 Å². The lowest BCUT2D eigenvalue weighted by molar-refractivity contribution is -0.323. The molecule has 1 aromatic rings. The molecule has 1 heterocycles. The predicted octanol–water partition coefficient (Wildman–Crippen LogP) is 6.38. The molecule has 1 fully saturated rings. The summed E-state index contributed by atoms with van der Waals surface area (Å²) in [4.78, 5) is 19.5. The number of nitrogens with zero attached hydrogens (tertiary/aromatic N) is 1. The highest BCUT2D eigenvalue weighted by Crippen LogP contribution is 2.45. The minimum absolute atomic E-state index is 0.0168. The topological polar surface area (TPSA) is 38.8 Å². The van der Waals surface area contributed by atoms with Crippen LogP contribution in [0, 0.1) is 5.92 Å². The third kappa shape index (κ3) is 4.97. The lowest BCUT2D eigenvalue weighted by Crippen LogP contribution is -2.64. The Morgan fingerprint density at radius 2 is 1.83 bits per heavy atom. The van der Waals surface area contributed by atoms with Crippen molar-refractivity contribution < 1.29 is 14.4 Å². The molecule has 1 aromatic carbocycles. The number of carbonyl (C=O) groups excluding carboxylic acids is 1. The maximum absolute atomic E-state index is 12.8. The molecule has 0 amide bonds. The van der Waals surface area contributed by atoms with Crippen LogP contribution in [-0.4, -0.2) is 28.2 Å². The molecule has 4 heteroatoms. The van der Waals surface area contributed by atoms with E-state index in [0.29, 0.717) is 0 Å². The molecular formula is C26H39NO3. The standard InChI is InChI=1S/C26H39NO3/c1-6-26(7-2)19-23(29-24(28)22-16-12-9-13-17-22)18-25(4,5)27(26)30-20(3)21-14-10-8-11-15-21/h8-12,14-15,20,22-23H,6-7,13,16-19H2,1-5H3. The number of hydrogen-bond acceptors (Lipinski definition) is 4. The average molecular weight is 414 g/mol. The fraction of sp³-hybridized carbons (Fsp3) is 0.654. The molecule has 0 bridgehead atoms. The van der Waals surface area contributed by atoms with Crippen molar-refractivity contribution >= 4 is 5.97 Å². The molecule has 0 N–H and O–H groups in total. The third-order valence-electron chi connectivity index (χ3n) is 7.05. The van der Waals surface area contributed by atoms with Crippen LogP contribution in [0.25, 0.3) is 0 Å². The van der Waals surface area contributed by atoms with Crippen LogP contribution < -0.4 is 0 Å². The molecule has 1 aliphatic heterocycles. The molecule has 0 saturated carbocycles. The molecule has 3 unspecified atom stereocenters. The van der Waals surface area contributed by atoms with Crippen molar-refractivity contribution in [1.82, 2.24) is 5.06 Å². The number of rotatable bonds is 7. The van der Waals surface area contributed by atoms with Gasteiger partial charge < -0.3 is 4.74 Å². The van der Waals surface area contributed by atoms with E-state index in [2.05, 4.69) is 76.1 Å². The van der Waals surface area contributed by atoms with E-state index >= 15 is 0 Å². The van der Waals surface area contributed by atoms with E-state index in [9.17, 15) is 4.79 Å². The largest absolute Gasteiger partial charge is 0.462 e. The summed E-state index contributed by atoms with van der Waals surface area (Å²) < 4.78 is 6.11. The molecule has 3 atom stereocenters. The van der Waals surface area contributed by atoms with Gasteiger partial charge in [0.2, 0.25) is 0 Å². The van der Waals surface area contributed by atoms with Gasteiger partial charge in [-0.25, -0.2) is 0 Å². The maximum atomic E-state index is 12.8. The molecular weight excluding hydrogens is 374 g/mol. The molecule has 3 rings (SSSR count). The average Bonchev–Trinajstić information content (AvgIpc) is 2.76. The quantitative estimate of drug-likeness (QED) is 0.384. The van der Waals surface area contributed by atoms with Gasteiger partial charge in [-0.2, -0.15) is 5.06 Å². The summed E-state index contributed by atoms with van der Waals surface area (Å²) in [5, 5.41) is 2.24. The normalized spacial score (nSPS) is 26.8. The van der Waals surface area contributed by atoms with Gasteiger partial charge >= 0.3 is 5.97 Å². The van der Waals surface area contributed by atoms with Gasteiger partial charge in [-0.3, -0.25) is 9.63 Å². The Kier molecular flexibility index (Phi) is 7.41. The lowest BCUT2D eigenvalue weighted by Gasteiger charge is -2.56. The van der Waals surface area contributed by atoms with Gasteiger partial charge in [-0.15, -0.1) is 0 Å². The van der Waals surface area contributed by atoms with Crippen LogP contribution in [0.3, 0.4) is 0 Å². The summed E-state index contributed by atoms with van der Waals surface area (Å²) in [5.41, 5.74) is 0.792. The van der Waals surface area contributed by atoms with Crippen molar-refractivity contribution in [2.24, 2.45) is 5.92 Å². The molecule has 30 heavy (non-hydrogen) atoms. The Labute approximate surface area is 182 Å². The second-order valence-corrected chi connectivity index (χ2v) is 9.65. The van der Waals surface area contributed by atoms with Gasteiger partial charge in [-0.05, 0) is 58.4 Å². The molecule has 1 saturated heterocycles. The van der Waals surface area contributed by atoms with Crippen LogP contribution in [0.4, 0.5) is 0 Å². The number of benzene rings is 1.